The molecule has 0 fully saturated rings. The maximum absolute atomic E-state index is 12.4. The van der Waals surface area contributed by atoms with Crippen LogP contribution in [0, 0.1) is 13.8 Å². The van der Waals surface area contributed by atoms with Gasteiger partial charge >= 0.3 is 0 Å². The Labute approximate surface area is 172 Å². The first kappa shape index (κ1) is 19.2. The van der Waals surface area contributed by atoms with Crippen molar-refractivity contribution in [2.24, 2.45) is 0 Å². The fourth-order valence-electron chi connectivity index (χ4n) is 3.13. The van der Waals surface area contributed by atoms with Gasteiger partial charge in [-0.3, -0.25) is 4.79 Å². The lowest BCUT2D eigenvalue weighted by atomic mass is 10.1. The number of carbonyl (C=O) groups excluding carboxylic acids is 1. The van der Waals surface area contributed by atoms with E-state index in [-0.39, 0.29) is 11.7 Å². The van der Waals surface area contributed by atoms with Crippen LogP contribution in [-0.2, 0) is 11.3 Å². The van der Waals surface area contributed by atoms with Crippen molar-refractivity contribution < 1.29 is 9.21 Å². The number of hydrogen-bond acceptors (Lipinski definition) is 6. The van der Waals surface area contributed by atoms with Crippen LogP contribution in [-0.4, -0.2) is 31.4 Å². The zero-order valence-corrected chi connectivity index (χ0v) is 17.3. The zero-order chi connectivity index (χ0) is 20.4. The van der Waals surface area contributed by atoms with Gasteiger partial charge in [-0.25, -0.2) is 4.98 Å². The molecule has 0 bridgehead atoms. The molecule has 1 amide bonds. The first-order valence-corrected chi connectivity index (χ1v) is 10.3. The summed E-state index contributed by atoms with van der Waals surface area (Å²) in [6, 6.07) is 13.6. The van der Waals surface area contributed by atoms with Crippen LogP contribution in [0.3, 0.4) is 0 Å². The number of nitrogens with zero attached hydrogens (tertiary/aromatic N) is 4. The summed E-state index contributed by atoms with van der Waals surface area (Å²) in [6.07, 6.45) is 0. The average Bonchev–Trinajstić information content (AvgIpc) is 3.28. The number of aromatic nitrogens is 4. The molecule has 0 atom stereocenters. The summed E-state index contributed by atoms with van der Waals surface area (Å²) in [5, 5.41) is 12.2. The second-order valence-electron chi connectivity index (χ2n) is 6.67. The van der Waals surface area contributed by atoms with Crippen molar-refractivity contribution in [3.63, 3.8) is 0 Å². The monoisotopic (exact) mass is 407 g/mol. The van der Waals surface area contributed by atoms with Crippen molar-refractivity contribution >= 4 is 34.5 Å². The number of carbonyl (C=O) groups is 1. The number of fused-ring (bicyclic) bond motifs is 1. The SMILES string of the molecule is CCn1c(SCC(=O)Nc2ccc3oc(C)nc3c2)nnc1-c1cccc(C)c1. The van der Waals surface area contributed by atoms with Gasteiger partial charge in [0, 0.05) is 24.7 Å². The summed E-state index contributed by atoms with van der Waals surface area (Å²) >= 11 is 1.37. The first-order chi connectivity index (χ1) is 14.0. The lowest BCUT2D eigenvalue weighted by Crippen LogP contribution is -2.14. The van der Waals surface area contributed by atoms with Crippen molar-refractivity contribution in [3.8, 4) is 11.4 Å². The van der Waals surface area contributed by atoms with Gasteiger partial charge in [0.2, 0.25) is 5.91 Å². The zero-order valence-electron chi connectivity index (χ0n) is 16.5. The van der Waals surface area contributed by atoms with E-state index in [1.807, 2.05) is 36.6 Å². The van der Waals surface area contributed by atoms with Gasteiger partial charge in [-0.2, -0.15) is 0 Å². The van der Waals surface area contributed by atoms with Gasteiger partial charge in [-0.05, 0) is 38.1 Å². The third-order valence-corrected chi connectivity index (χ3v) is 5.39. The van der Waals surface area contributed by atoms with E-state index in [1.54, 1.807) is 25.1 Å². The number of oxazole rings is 1. The summed E-state index contributed by atoms with van der Waals surface area (Å²) in [7, 11) is 0. The van der Waals surface area contributed by atoms with Crippen molar-refractivity contribution in [2.75, 3.05) is 11.1 Å². The van der Waals surface area contributed by atoms with Gasteiger partial charge in [0.1, 0.15) is 5.52 Å². The molecule has 0 spiro atoms. The van der Waals surface area contributed by atoms with E-state index in [2.05, 4.69) is 26.6 Å². The summed E-state index contributed by atoms with van der Waals surface area (Å²) < 4.78 is 7.48. The maximum atomic E-state index is 12.4. The number of anilines is 1. The van der Waals surface area contributed by atoms with Crippen LogP contribution >= 0.6 is 11.8 Å². The standard InChI is InChI=1S/C21H21N5O2S/c1-4-26-20(15-7-5-6-13(2)10-15)24-25-21(26)29-12-19(27)23-16-8-9-18-17(11-16)22-14(3)28-18/h5-11H,4,12H2,1-3H3,(H,23,27). The Morgan fingerprint density at radius 2 is 2.03 bits per heavy atom. The smallest absolute Gasteiger partial charge is 0.234 e. The lowest BCUT2D eigenvalue weighted by Gasteiger charge is -2.08. The minimum absolute atomic E-state index is 0.114. The molecule has 7 nitrogen and oxygen atoms in total. The largest absolute Gasteiger partial charge is 0.441 e. The number of rotatable bonds is 6. The molecule has 1 N–H and O–H groups in total. The topological polar surface area (TPSA) is 85.8 Å². The van der Waals surface area contributed by atoms with Gasteiger partial charge in [0.15, 0.2) is 22.5 Å². The van der Waals surface area contributed by atoms with E-state index >= 15 is 0 Å². The average molecular weight is 407 g/mol. The number of nitrogens with one attached hydrogen (secondary N) is 1. The minimum Gasteiger partial charge on any atom is -0.441 e. The highest BCUT2D eigenvalue weighted by Crippen LogP contribution is 2.25. The van der Waals surface area contributed by atoms with E-state index < -0.39 is 0 Å². The Balaban J connectivity index is 1.44. The van der Waals surface area contributed by atoms with E-state index in [4.69, 9.17) is 4.42 Å². The van der Waals surface area contributed by atoms with Gasteiger partial charge in [-0.1, -0.05) is 35.5 Å². The number of benzene rings is 2. The van der Waals surface area contributed by atoms with Gasteiger partial charge < -0.3 is 14.3 Å². The highest BCUT2D eigenvalue weighted by atomic mass is 32.2. The molecule has 2 aromatic carbocycles. The molecule has 29 heavy (non-hydrogen) atoms. The molecule has 0 aliphatic carbocycles. The number of thioether (sulfide) groups is 1. The van der Waals surface area contributed by atoms with Crippen molar-refractivity contribution in [2.45, 2.75) is 32.5 Å². The van der Waals surface area contributed by atoms with E-state index in [0.29, 0.717) is 17.2 Å². The number of amides is 1. The van der Waals surface area contributed by atoms with Gasteiger partial charge in [-0.15, -0.1) is 10.2 Å². The summed E-state index contributed by atoms with van der Waals surface area (Å²) in [5.74, 6) is 1.53. The fraction of sp³-hybridized carbons (Fsp3) is 0.238. The second-order valence-corrected chi connectivity index (χ2v) is 7.61. The Hall–Kier alpha value is -3.13. The van der Waals surface area contributed by atoms with Crippen LogP contribution in [0.5, 0.6) is 0 Å². The van der Waals surface area contributed by atoms with E-state index in [0.717, 1.165) is 28.6 Å². The molecule has 2 aromatic heterocycles. The molecule has 0 saturated heterocycles. The predicted octanol–water partition coefficient (Wildman–Crippen LogP) is 4.45. The summed E-state index contributed by atoms with van der Waals surface area (Å²) in [5.41, 5.74) is 4.30. The molecule has 0 aliphatic heterocycles. The van der Waals surface area contributed by atoms with Crippen LogP contribution in [0.15, 0.2) is 52.0 Å². The normalized spacial score (nSPS) is 11.1. The van der Waals surface area contributed by atoms with Crippen molar-refractivity contribution in [1.82, 2.24) is 19.7 Å². The Bertz CT molecular complexity index is 1180. The summed E-state index contributed by atoms with van der Waals surface area (Å²) in [4.78, 5) is 16.7. The first-order valence-electron chi connectivity index (χ1n) is 9.33. The quantitative estimate of drug-likeness (QED) is 0.475. The summed E-state index contributed by atoms with van der Waals surface area (Å²) in [6.45, 7) is 6.61. The molecule has 2 heterocycles. The molecule has 8 heteroatoms. The van der Waals surface area contributed by atoms with Gasteiger partial charge in [0.05, 0.1) is 5.75 Å². The molecule has 4 rings (SSSR count). The van der Waals surface area contributed by atoms with Crippen LogP contribution < -0.4 is 5.32 Å². The second kappa shape index (κ2) is 8.08. The Morgan fingerprint density at radius 3 is 2.83 bits per heavy atom. The fourth-order valence-corrected chi connectivity index (χ4v) is 3.93. The van der Waals surface area contributed by atoms with Crippen LogP contribution in [0.2, 0.25) is 0 Å². The van der Waals surface area contributed by atoms with Gasteiger partial charge in [0.25, 0.3) is 0 Å². The molecule has 0 unspecified atom stereocenters. The molecular formula is C21H21N5O2S. The predicted molar refractivity (Wildman–Crippen MR) is 114 cm³/mol. The molecule has 148 valence electrons. The van der Waals surface area contributed by atoms with E-state index in [9.17, 15) is 4.79 Å². The van der Waals surface area contributed by atoms with Crippen LogP contribution in [0.25, 0.3) is 22.5 Å². The number of aryl methyl sites for hydroxylation is 2. The number of hydrogen-bond donors (Lipinski definition) is 1. The molecule has 0 saturated carbocycles. The van der Waals surface area contributed by atoms with E-state index in [1.165, 1.54) is 17.3 Å². The highest BCUT2D eigenvalue weighted by Gasteiger charge is 2.15. The molecule has 0 radical (unpaired) electrons. The molecule has 4 aromatic rings. The minimum atomic E-state index is -0.114. The van der Waals surface area contributed by atoms with Crippen molar-refractivity contribution in [1.29, 1.82) is 0 Å². The highest BCUT2D eigenvalue weighted by molar-refractivity contribution is 7.99. The Morgan fingerprint density at radius 1 is 1.17 bits per heavy atom. The molecular weight excluding hydrogens is 386 g/mol. The van der Waals surface area contributed by atoms with Crippen LogP contribution in [0.4, 0.5) is 5.69 Å². The third-order valence-electron chi connectivity index (χ3n) is 4.42. The lowest BCUT2D eigenvalue weighted by molar-refractivity contribution is -0.113. The Kier molecular flexibility index (Phi) is 5.35. The third kappa shape index (κ3) is 4.17. The molecule has 0 aliphatic rings. The maximum Gasteiger partial charge on any atom is 0.234 e. The van der Waals surface area contributed by atoms with Crippen LogP contribution in [0.1, 0.15) is 18.4 Å². The van der Waals surface area contributed by atoms with Crippen molar-refractivity contribution in [3.05, 3.63) is 53.9 Å².